The van der Waals surface area contributed by atoms with Gasteiger partial charge in [0.1, 0.15) is 12.3 Å². The standard InChI is InChI=1S/C42H56N3O2/c1-9-27-44-36-21-13-11-19-34(36)41(4,5)38(44)25-23-32-17-15-18-33(40(32)47-30-16-29-43(8)31(3)46)24-26-39-42(6,7)35-20-12-14-22-37(35)45(39)28-10-2/h11-14,19-26H,9-10,15-18,27-30H2,1-8H3/q+1. The number of nitrogens with zero attached hydrogens (tertiary/aromatic N) is 3. The van der Waals surface area contributed by atoms with Gasteiger partial charge in [0.25, 0.3) is 0 Å². The quantitative estimate of drug-likeness (QED) is 0.172. The topological polar surface area (TPSA) is 35.8 Å². The van der Waals surface area contributed by atoms with Gasteiger partial charge in [-0.15, -0.1) is 0 Å². The van der Waals surface area contributed by atoms with Crippen molar-refractivity contribution in [2.24, 2.45) is 0 Å². The molecule has 1 aliphatic carbocycles. The molecule has 0 N–H and O–H groups in total. The molecule has 5 nitrogen and oxygen atoms in total. The molecule has 0 saturated heterocycles. The van der Waals surface area contributed by atoms with Gasteiger partial charge in [0, 0.05) is 68.0 Å². The minimum absolute atomic E-state index is 0.0787. The fraction of sp³-hybridized carbons (Fsp3) is 0.476. The first-order valence-corrected chi connectivity index (χ1v) is 17.8. The van der Waals surface area contributed by atoms with Gasteiger partial charge in [0.15, 0.2) is 5.71 Å². The molecule has 0 bridgehead atoms. The van der Waals surface area contributed by atoms with E-state index in [2.05, 4.69) is 124 Å². The molecule has 0 spiro atoms. The minimum Gasteiger partial charge on any atom is -0.493 e. The van der Waals surface area contributed by atoms with E-state index in [0.29, 0.717) is 13.2 Å². The Morgan fingerprint density at radius 2 is 1.66 bits per heavy atom. The monoisotopic (exact) mass is 634 g/mol. The third-order valence-corrected chi connectivity index (χ3v) is 10.3. The molecule has 2 aliphatic heterocycles. The van der Waals surface area contributed by atoms with Crippen LogP contribution in [0, 0.1) is 0 Å². The number of anilines is 1. The van der Waals surface area contributed by atoms with Crippen molar-refractivity contribution >= 4 is 23.0 Å². The van der Waals surface area contributed by atoms with Gasteiger partial charge in [-0.2, -0.15) is 4.58 Å². The predicted molar refractivity (Wildman–Crippen MR) is 197 cm³/mol. The van der Waals surface area contributed by atoms with Crippen molar-refractivity contribution in [1.82, 2.24) is 4.90 Å². The highest BCUT2D eigenvalue weighted by atomic mass is 16.5. The SMILES string of the molecule is CCCN1/C(=C\C=C2\CCCC(/C=C/C3=[N+](CCC)c4ccccc4C3(C)C)=C2OCCCN(C)C(C)=O)C(C)(C)c2ccccc21. The Hall–Kier alpha value is -3.86. The lowest BCUT2D eigenvalue weighted by atomic mass is 9.81. The van der Waals surface area contributed by atoms with Crippen molar-refractivity contribution in [1.29, 1.82) is 0 Å². The molecular weight excluding hydrogens is 578 g/mol. The highest BCUT2D eigenvalue weighted by Gasteiger charge is 2.44. The maximum atomic E-state index is 11.8. The molecule has 2 aromatic rings. The van der Waals surface area contributed by atoms with Gasteiger partial charge in [0.05, 0.1) is 12.0 Å². The summed E-state index contributed by atoms with van der Waals surface area (Å²) in [5.41, 5.74) is 10.5. The number of carbonyl (C=O) groups is 1. The van der Waals surface area contributed by atoms with Crippen LogP contribution in [0.25, 0.3) is 0 Å². The van der Waals surface area contributed by atoms with E-state index in [1.54, 1.807) is 11.8 Å². The van der Waals surface area contributed by atoms with Crippen LogP contribution in [0.5, 0.6) is 0 Å². The molecule has 0 radical (unpaired) electrons. The van der Waals surface area contributed by atoms with Crippen LogP contribution in [0.4, 0.5) is 11.4 Å². The first-order chi connectivity index (χ1) is 22.5. The Labute approximate surface area is 284 Å². The predicted octanol–water partition coefficient (Wildman–Crippen LogP) is 9.37. The van der Waals surface area contributed by atoms with E-state index in [0.717, 1.165) is 57.4 Å². The van der Waals surface area contributed by atoms with Crippen molar-refractivity contribution in [2.75, 3.05) is 38.2 Å². The summed E-state index contributed by atoms with van der Waals surface area (Å²) in [5, 5.41) is 0. The molecule has 0 saturated carbocycles. The van der Waals surface area contributed by atoms with Gasteiger partial charge >= 0.3 is 0 Å². The molecule has 0 fully saturated rings. The van der Waals surface area contributed by atoms with Crippen molar-refractivity contribution in [3.05, 3.63) is 107 Å². The van der Waals surface area contributed by atoms with Gasteiger partial charge in [-0.1, -0.05) is 70.2 Å². The Morgan fingerprint density at radius 1 is 0.936 bits per heavy atom. The van der Waals surface area contributed by atoms with E-state index in [1.165, 1.54) is 45.1 Å². The molecular formula is C42H56N3O2+. The molecule has 0 aromatic heterocycles. The van der Waals surface area contributed by atoms with Crippen molar-refractivity contribution < 1.29 is 14.1 Å². The maximum absolute atomic E-state index is 11.8. The third kappa shape index (κ3) is 6.91. The van der Waals surface area contributed by atoms with Crippen molar-refractivity contribution in [3.8, 4) is 0 Å². The zero-order valence-electron chi connectivity index (χ0n) is 30.2. The third-order valence-electron chi connectivity index (χ3n) is 10.3. The van der Waals surface area contributed by atoms with Crippen LogP contribution in [-0.2, 0) is 20.4 Å². The molecule has 5 rings (SSSR count). The number of hydrogen-bond acceptors (Lipinski definition) is 3. The summed E-state index contributed by atoms with van der Waals surface area (Å²) in [7, 11) is 1.86. The summed E-state index contributed by atoms with van der Waals surface area (Å²) in [6.07, 6.45) is 15.4. The molecule has 2 heterocycles. The van der Waals surface area contributed by atoms with Crippen LogP contribution in [0.3, 0.4) is 0 Å². The number of rotatable bonds is 12. The Morgan fingerprint density at radius 3 is 2.38 bits per heavy atom. The molecule has 250 valence electrons. The van der Waals surface area contributed by atoms with E-state index in [1.807, 2.05) is 7.05 Å². The van der Waals surface area contributed by atoms with E-state index < -0.39 is 0 Å². The number of benzene rings is 2. The highest BCUT2D eigenvalue weighted by Crippen LogP contribution is 2.48. The van der Waals surface area contributed by atoms with Gasteiger partial charge in [-0.3, -0.25) is 4.79 Å². The first-order valence-electron chi connectivity index (χ1n) is 17.8. The lowest BCUT2D eigenvalue weighted by Gasteiger charge is -2.27. The average molecular weight is 635 g/mol. The lowest BCUT2D eigenvalue weighted by Crippen LogP contribution is -2.28. The molecule has 0 unspecified atom stereocenters. The smallest absolute Gasteiger partial charge is 0.219 e. The minimum atomic E-state index is -0.0787. The number of carbonyl (C=O) groups excluding carboxylic acids is 1. The fourth-order valence-corrected chi connectivity index (χ4v) is 7.61. The molecule has 0 atom stereocenters. The summed E-state index contributed by atoms with van der Waals surface area (Å²) in [6, 6.07) is 17.7. The highest BCUT2D eigenvalue weighted by molar-refractivity contribution is 6.03. The Kier molecular flexibility index (Phi) is 10.6. The number of amides is 1. The second-order valence-electron chi connectivity index (χ2n) is 14.4. The van der Waals surface area contributed by atoms with Crippen LogP contribution in [0.1, 0.15) is 98.1 Å². The number of para-hydroxylation sites is 2. The van der Waals surface area contributed by atoms with Crippen LogP contribution in [0.15, 0.2) is 95.4 Å². The summed E-state index contributed by atoms with van der Waals surface area (Å²) < 4.78 is 9.21. The summed E-state index contributed by atoms with van der Waals surface area (Å²) in [4.78, 5) is 16.1. The zero-order chi connectivity index (χ0) is 33.8. The largest absolute Gasteiger partial charge is 0.493 e. The zero-order valence-corrected chi connectivity index (χ0v) is 30.2. The number of fused-ring (bicyclic) bond motifs is 2. The van der Waals surface area contributed by atoms with E-state index >= 15 is 0 Å². The van der Waals surface area contributed by atoms with Crippen LogP contribution in [0.2, 0.25) is 0 Å². The second-order valence-corrected chi connectivity index (χ2v) is 14.4. The molecule has 1 amide bonds. The summed E-state index contributed by atoms with van der Waals surface area (Å²) >= 11 is 0. The fourth-order valence-electron chi connectivity index (χ4n) is 7.61. The lowest BCUT2D eigenvalue weighted by molar-refractivity contribution is -0.437. The Balaban J connectivity index is 1.54. The number of hydrogen-bond donors (Lipinski definition) is 0. The van der Waals surface area contributed by atoms with Crippen molar-refractivity contribution in [2.45, 2.75) is 97.8 Å². The van der Waals surface area contributed by atoms with Crippen molar-refractivity contribution in [3.63, 3.8) is 0 Å². The number of ether oxygens (including phenoxy) is 1. The number of allylic oxidation sites excluding steroid dienone is 7. The van der Waals surface area contributed by atoms with E-state index in [4.69, 9.17) is 4.74 Å². The first kappa shape index (κ1) is 34.5. The van der Waals surface area contributed by atoms with Crippen LogP contribution in [-0.4, -0.2) is 54.4 Å². The van der Waals surface area contributed by atoms with Crippen LogP contribution >= 0.6 is 0 Å². The maximum Gasteiger partial charge on any atom is 0.219 e. The molecule has 3 aliphatic rings. The molecule has 47 heavy (non-hydrogen) atoms. The van der Waals surface area contributed by atoms with Crippen LogP contribution < -0.4 is 4.90 Å². The molecule has 5 heteroatoms. The summed E-state index contributed by atoms with van der Waals surface area (Å²) in [5.74, 6) is 1.10. The van der Waals surface area contributed by atoms with Gasteiger partial charge in [0.2, 0.25) is 11.6 Å². The van der Waals surface area contributed by atoms with E-state index in [9.17, 15) is 4.79 Å². The van der Waals surface area contributed by atoms with E-state index in [-0.39, 0.29) is 16.7 Å². The average Bonchev–Trinajstić information content (AvgIpc) is 3.40. The van der Waals surface area contributed by atoms with Gasteiger partial charge in [-0.25, -0.2) is 0 Å². The second kappa shape index (κ2) is 14.5. The van der Waals surface area contributed by atoms with Gasteiger partial charge < -0.3 is 14.5 Å². The summed E-state index contributed by atoms with van der Waals surface area (Å²) in [6.45, 7) is 18.8. The molecule has 2 aromatic carbocycles. The Bertz CT molecular complexity index is 1630. The van der Waals surface area contributed by atoms with Gasteiger partial charge in [-0.05, 0) is 80.9 Å². The normalized spacial score (nSPS) is 20.0.